The lowest BCUT2D eigenvalue weighted by Gasteiger charge is -2.38. The molecule has 14 heteroatoms. The van der Waals surface area contributed by atoms with Crippen molar-refractivity contribution in [2.45, 2.75) is 69.1 Å². The van der Waals surface area contributed by atoms with Gasteiger partial charge in [-0.05, 0) is 54.6 Å². The Balaban J connectivity index is 1.35. The van der Waals surface area contributed by atoms with Crippen molar-refractivity contribution in [2.75, 3.05) is 32.6 Å². The highest BCUT2D eigenvalue weighted by Gasteiger charge is 2.65. The van der Waals surface area contributed by atoms with Crippen LogP contribution in [-0.4, -0.2) is 102 Å². The number of pyridine rings is 1. The molecule has 4 amide bonds. The summed E-state index contributed by atoms with van der Waals surface area (Å²) in [6, 6.07) is 2.11. The van der Waals surface area contributed by atoms with Crippen molar-refractivity contribution in [1.29, 1.82) is 5.26 Å². The lowest BCUT2D eigenvalue weighted by molar-refractivity contribution is -0.150. The Morgan fingerprint density at radius 1 is 1.25 bits per heavy atom. The highest BCUT2D eigenvalue weighted by molar-refractivity contribution is 6.01. The van der Waals surface area contributed by atoms with Gasteiger partial charge in [-0.25, -0.2) is 14.2 Å². The molecule has 4 heterocycles. The summed E-state index contributed by atoms with van der Waals surface area (Å²) in [5, 5.41) is 15.5. The van der Waals surface area contributed by atoms with Crippen LogP contribution in [0.2, 0.25) is 0 Å². The normalized spacial score (nSPS) is 34.6. The molecule has 10 atom stereocenters. The van der Waals surface area contributed by atoms with Gasteiger partial charge >= 0.3 is 6.09 Å². The SMILES string of the molecule is COC(=O)NC(C(=O)N1CC2C3CC(F)C(C3)C2C1C(=O)N1CC2(CC1C#N)Oc1cccnc1NC2=O)C(OC)C(C)C. The number of aromatic nitrogens is 1. The number of alkyl carbamates (subject to hydrolysis) is 1. The third kappa shape index (κ3) is 4.63. The van der Waals surface area contributed by atoms with Crippen LogP contribution in [0.3, 0.4) is 0 Å². The monoisotopic (exact) mass is 612 g/mol. The van der Waals surface area contributed by atoms with E-state index in [9.17, 15) is 24.4 Å². The standard InChI is InChI=1S/C30H37FN6O7/c1-14(2)24(42-3)22(34-29(41)43-4)26(38)36-12-18-15-8-17(19(31)9-15)21(18)23(36)27(39)37-13-30(10-16(37)11-32)28(40)35-25-20(44-30)6-5-7-33-25/h5-7,14-19,21-24H,8-10,12-13H2,1-4H3,(H,34,41)(H,33,35,40). The van der Waals surface area contributed by atoms with Gasteiger partial charge in [-0.1, -0.05) is 13.8 Å². The van der Waals surface area contributed by atoms with Crippen molar-refractivity contribution in [3.63, 3.8) is 0 Å². The molecule has 0 radical (unpaired) electrons. The highest BCUT2D eigenvalue weighted by Crippen LogP contribution is 2.59. The molecule has 0 aromatic carbocycles. The lowest BCUT2D eigenvalue weighted by atomic mass is 9.77. The van der Waals surface area contributed by atoms with Gasteiger partial charge in [-0.3, -0.25) is 14.4 Å². The van der Waals surface area contributed by atoms with Gasteiger partial charge < -0.3 is 34.6 Å². The Labute approximate surface area is 254 Å². The molecule has 1 aromatic heterocycles. The molecule has 3 aliphatic heterocycles. The van der Waals surface area contributed by atoms with Gasteiger partial charge in [0.05, 0.1) is 25.8 Å². The summed E-state index contributed by atoms with van der Waals surface area (Å²) in [7, 11) is 2.62. The maximum Gasteiger partial charge on any atom is 0.407 e. The zero-order valence-electron chi connectivity index (χ0n) is 25.1. The van der Waals surface area contributed by atoms with Crippen LogP contribution in [0.1, 0.15) is 33.1 Å². The smallest absolute Gasteiger partial charge is 0.407 e. The predicted octanol–water partition coefficient (Wildman–Crippen LogP) is 1.49. The van der Waals surface area contributed by atoms with E-state index in [0.29, 0.717) is 18.6 Å². The van der Waals surface area contributed by atoms with Crippen molar-refractivity contribution < 1.29 is 37.8 Å². The van der Waals surface area contributed by atoms with Crippen LogP contribution >= 0.6 is 0 Å². The number of methoxy groups -OCH3 is 2. The third-order valence-corrected chi connectivity index (χ3v) is 10.3. The summed E-state index contributed by atoms with van der Waals surface area (Å²) in [5.74, 6) is -2.25. The summed E-state index contributed by atoms with van der Waals surface area (Å²) in [6.45, 7) is 3.65. The van der Waals surface area contributed by atoms with Gasteiger partial charge in [0.1, 0.15) is 24.3 Å². The van der Waals surface area contributed by atoms with E-state index in [2.05, 4.69) is 21.7 Å². The number of carbonyl (C=O) groups excluding carboxylic acids is 4. The number of nitrogens with one attached hydrogen (secondary N) is 2. The van der Waals surface area contributed by atoms with Crippen LogP contribution in [0.5, 0.6) is 5.75 Å². The Morgan fingerprint density at radius 2 is 2.02 bits per heavy atom. The van der Waals surface area contributed by atoms with Crippen molar-refractivity contribution in [3.05, 3.63) is 18.3 Å². The number of nitrogens with zero attached hydrogens (tertiary/aromatic N) is 4. The van der Waals surface area contributed by atoms with E-state index < -0.39 is 71.7 Å². The zero-order chi connectivity index (χ0) is 31.5. The minimum Gasteiger partial charge on any atom is -0.472 e. The second-order valence-electron chi connectivity index (χ2n) is 12.9. The Bertz CT molecular complexity index is 1400. The molecule has 6 rings (SSSR count). The number of amides is 4. The van der Waals surface area contributed by atoms with Crippen LogP contribution in [0.25, 0.3) is 0 Å². The highest BCUT2D eigenvalue weighted by atomic mass is 19.1. The molecule has 10 unspecified atom stereocenters. The lowest BCUT2D eigenvalue weighted by Crippen LogP contribution is -2.61. The molecule has 2 saturated carbocycles. The number of carbonyl (C=O) groups is 4. The van der Waals surface area contributed by atoms with Gasteiger partial charge in [-0.2, -0.15) is 5.26 Å². The topological polar surface area (TPSA) is 163 Å². The van der Waals surface area contributed by atoms with Crippen LogP contribution in [0, 0.1) is 40.9 Å². The van der Waals surface area contributed by atoms with Crippen LogP contribution in [0.15, 0.2) is 18.3 Å². The molecule has 2 aliphatic carbocycles. The molecule has 236 valence electrons. The predicted molar refractivity (Wildman–Crippen MR) is 151 cm³/mol. The van der Waals surface area contributed by atoms with Crippen molar-refractivity contribution in [1.82, 2.24) is 20.1 Å². The van der Waals surface area contributed by atoms with Crippen LogP contribution in [0.4, 0.5) is 15.0 Å². The molecule has 44 heavy (non-hydrogen) atoms. The van der Waals surface area contributed by atoms with E-state index in [1.54, 1.807) is 12.1 Å². The van der Waals surface area contributed by atoms with E-state index in [0.717, 1.165) is 0 Å². The van der Waals surface area contributed by atoms with Gasteiger partial charge in [0.2, 0.25) is 17.4 Å². The molecule has 5 aliphatic rings. The number of hydrogen-bond acceptors (Lipinski definition) is 9. The molecule has 13 nitrogen and oxygen atoms in total. The summed E-state index contributed by atoms with van der Waals surface area (Å²) in [6.07, 6.45) is -0.273. The average Bonchev–Trinajstić information content (AvgIpc) is 3.76. The van der Waals surface area contributed by atoms with E-state index in [1.165, 1.54) is 30.2 Å². The molecule has 2 N–H and O–H groups in total. The fourth-order valence-electron chi connectivity index (χ4n) is 8.36. The maximum atomic E-state index is 15.2. The number of alkyl halides is 1. The third-order valence-electron chi connectivity index (χ3n) is 10.3. The quantitative estimate of drug-likeness (QED) is 0.485. The second kappa shape index (κ2) is 11.2. The number of anilines is 1. The zero-order valence-corrected chi connectivity index (χ0v) is 25.1. The van der Waals surface area contributed by atoms with E-state index in [4.69, 9.17) is 14.2 Å². The molecule has 2 saturated heterocycles. The number of likely N-dealkylation sites (tertiary alicyclic amines) is 2. The van der Waals surface area contributed by atoms with E-state index in [-0.39, 0.29) is 43.1 Å². The number of hydrogen-bond donors (Lipinski definition) is 2. The first-order valence-electron chi connectivity index (χ1n) is 15.0. The largest absolute Gasteiger partial charge is 0.472 e. The van der Waals surface area contributed by atoms with Crippen LogP contribution in [-0.2, 0) is 23.9 Å². The summed E-state index contributed by atoms with van der Waals surface area (Å²) in [5.41, 5.74) is -1.54. The minimum absolute atomic E-state index is 0.0107. The molecular formula is C30H37FN6O7. The maximum absolute atomic E-state index is 15.2. The van der Waals surface area contributed by atoms with Gasteiger partial charge in [0.15, 0.2) is 11.6 Å². The van der Waals surface area contributed by atoms with Gasteiger partial charge in [0, 0.05) is 26.3 Å². The number of fused-ring (bicyclic) bond motifs is 6. The average molecular weight is 613 g/mol. The van der Waals surface area contributed by atoms with Crippen molar-refractivity contribution >= 4 is 29.6 Å². The van der Waals surface area contributed by atoms with Crippen LogP contribution < -0.4 is 15.4 Å². The van der Waals surface area contributed by atoms with Gasteiger partial charge in [-0.15, -0.1) is 0 Å². The Kier molecular flexibility index (Phi) is 7.63. The minimum atomic E-state index is -1.54. The van der Waals surface area contributed by atoms with Gasteiger partial charge in [0.25, 0.3) is 5.91 Å². The first kappa shape index (κ1) is 30.1. The molecule has 1 spiro atoms. The second-order valence-corrected chi connectivity index (χ2v) is 12.9. The summed E-state index contributed by atoms with van der Waals surface area (Å²) >= 11 is 0. The van der Waals surface area contributed by atoms with Crippen molar-refractivity contribution in [2.24, 2.45) is 29.6 Å². The molecule has 2 bridgehead atoms. The van der Waals surface area contributed by atoms with E-state index in [1.807, 2.05) is 13.8 Å². The molecule has 4 fully saturated rings. The number of halogens is 1. The first-order chi connectivity index (χ1) is 21.0. The summed E-state index contributed by atoms with van der Waals surface area (Å²) < 4.78 is 31.8. The number of ether oxygens (including phenoxy) is 3. The fraction of sp³-hybridized carbons (Fsp3) is 0.667. The number of rotatable bonds is 6. The molecular weight excluding hydrogens is 575 g/mol. The Hall–Kier alpha value is -3.99. The van der Waals surface area contributed by atoms with E-state index >= 15 is 4.39 Å². The van der Waals surface area contributed by atoms with Crippen molar-refractivity contribution in [3.8, 4) is 11.8 Å². The number of nitriles is 1. The molecule has 1 aromatic rings. The first-order valence-corrected chi connectivity index (χ1v) is 15.0. The fourth-order valence-corrected chi connectivity index (χ4v) is 8.36. The summed E-state index contributed by atoms with van der Waals surface area (Å²) in [4.78, 5) is 61.5. The Morgan fingerprint density at radius 3 is 2.70 bits per heavy atom.